The fraction of sp³-hybridized carbons (Fsp3) is 0.364. The fourth-order valence-corrected chi connectivity index (χ4v) is 2.54. The van der Waals surface area contributed by atoms with Crippen molar-refractivity contribution in [2.24, 2.45) is 0 Å². The number of hydrogen-bond acceptors (Lipinski definition) is 7. The molecule has 0 fully saturated rings. The Morgan fingerprint density at radius 1 is 1.05 bits per heavy atom. The molecule has 2 atom stereocenters. The zero-order chi connectivity index (χ0) is 15.3. The van der Waals surface area contributed by atoms with E-state index in [1.54, 1.807) is 12.1 Å². The van der Waals surface area contributed by atoms with Gasteiger partial charge in [0.15, 0.2) is 0 Å². The molecule has 1 aliphatic rings. The first-order valence-electron chi connectivity index (χ1n) is 5.57. The van der Waals surface area contributed by atoms with Crippen molar-refractivity contribution in [2.45, 2.75) is 17.1 Å². The minimum absolute atomic E-state index is 0.0648. The first-order chi connectivity index (χ1) is 9.33. The van der Waals surface area contributed by atoms with Crippen molar-refractivity contribution in [3.8, 4) is 0 Å². The van der Waals surface area contributed by atoms with E-state index in [0.29, 0.717) is 0 Å². The average Bonchev–Trinajstić information content (AvgIpc) is 2.68. The highest BCUT2D eigenvalue weighted by molar-refractivity contribution is 7.90. The molecule has 1 aromatic rings. The summed E-state index contributed by atoms with van der Waals surface area (Å²) >= 11 is 0. The molecule has 0 aromatic heterocycles. The Morgan fingerprint density at radius 2 is 1.55 bits per heavy atom. The maximum absolute atomic E-state index is 11.1. The number of nitrogens with one attached hydrogen (secondary N) is 1. The van der Waals surface area contributed by atoms with E-state index in [9.17, 15) is 13.2 Å². The smallest absolute Gasteiger partial charge is 0.266 e. The average molecular weight is 305 g/mol. The normalized spacial score (nSPS) is 18.3. The van der Waals surface area contributed by atoms with Gasteiger partial charge in [0, 0.05) is 0 Å². The van der Waals surface area contributed by atoms with Crippen LogP contribution in [0.2, 0.25) is 0 Å². The summed E-state index contributed by atoms with van der Waals surface area (Å²) in [6.45, 7) is -1.05. The zero-order valence-corrected chi connectivity index (χ0v) is 11.1. The summed E-state index contributed by atoms with van der Waals surface area (Å²) in [5.41, 5.74) is 0.220. The second-order valence-corrected chi connectivity index (χ2v) is 5.58. The Balaban J connectivity index is 0.000000221. The Labute approximate surface area is 115 Å². The van der Waals surface area contributed by atoms with Gasteiger partial charge in [0.25, 0.3) is 15.9 Å². The zero-order valence-electron chi connectivity index (χ0n) is 10.3. The molecule has 1 amide bonds. The van der Waals surface area contributed by atoms with Gasteiger partial charge in [0.05, 0.1) is 18.8 Å². The Kier molecular flexibility index (Phi) is 5.60. The van der Waals surface area contributed by atoms with Crippen molar-refractivity contribution in [1.29, 1.82) is 0 Å². The molecule has 0 saturated heterocycles. The molecule has 0 saturated carbocycles. The second-order valence-electron chi connectivity index (χ2n) is 3.93. The van der Waals surface area contributed by atoms with Crippen molar-refractivity contribution in [1.82, 2.24) is 4.72 Å². The number of hydrogen-bond donors (Lipinski definition) is 5. The number of sulfonamides is 1. The van der Waals surface area contributed by atoms with Crippen LogP contribution in [-0.4, -0.2) is 60.2 Å². The maximum atomic E-state index is 11.1. The van der Waals surface area contributed by atoms with Gasteiger partial charge in [-0.15, -0.1) is 0 Å². The largest absolute Gasteiger partial charge is 0.394 e. The van der Waals surface area contributed by atoms with Gasteiger partial charge in [-0.1, -0.05) is 12.1 Å². The number of carbonyl (C=O) groups is 1. The van der Waals surface area contributed by atoms with E-state index < -0.39 is 41.4 Å². The van der Waals surface area contributed by atoms with Crippen LogP contribution in [0.25, 0.3) is 0 Å². The quantitative estimate of drug-likeness (QED) is 0.426. The van der Waals surface area contributed by atoms with Crippen LogP contribution in [0.3, 0.4) is 0 Å². The summed E-state index contributed by atoms with van der Waals surface area (Å²) in [6, 6.07) is 6.09. The number of aliphatic hydroxyl groups excluding tert-OH is 4. The highest BCUT2D eigenvalue weighted by atomic mass is 32.2. The van der Waals surface area contributed by atoms with Gasteiger partial charge < -0.3 is 20.4 Å². The lowest BCUT2D eigenvalue weighted by Crippen LogP contribution is -2.31. The minimum atomic E-state index is -3.55. The lowest BCUT2D eigenvalue weighted by Gasteiger charge is -2.10. The lowest BCUT2D eigenvalue weighted by molar-refractivity contribution is -0.0388. The second kappa shape index (κ2) is 6.77. The van der Waals surface area contributed by atoms with Gasteiger partial charge in [0.2, 0.25) is 0 Å². The van der Waals surface area contributed by atoms with Crippen molar-refractivity contribution in [3.63, 3.8) is 0 Å². The monoisotopic (exact) mass is 305 g/mol. The number of fused-ring (bicyclic) bond motifs is 1. The summed E-state index contributed by atoms with van der Waals surface area (Å²) in [7, 11) is -3.55. The minimum Gasteiger partial charge on any atom is -0.394 e. The standard InChI is InChI=1S/C7H5NO3S.C4H10O4/c9-7-5-3-1-2-4-6(5)12(10,11)8-7;5-1-3(7)4(8)2-6/h1-4H,(H,8,9);3-8H,1-2H2/t;3-,4+. The van der Waals surface area contributed by atoms with Crippen molar-refractivity contribution < 1.29 is 33.6 Å². The molecule has 9 heteroatoms. The molecule has 2 rings (SSSR count). The van der Waals surface area contributed by atoms with E-state index in [-0.39, 0.29) is 10.5 Å². The molecule has 8 nitrogen and oxygen atoms in total. The Hall–Kier alpha value is -1.52. The van der Waals surface area contributed by atoms with Crippen LogP contribution in [0.1, 0.15) is 10.4 Å². The topological polar surface area (TPSA) is 144 Å². The van der Waals surface area contributed by atoms with Gasteiger partial charge in [-0.2, -0.15) is 0 Å². The van der Waals surface area contributed by atoms with Gasteiger partial charge in [-0.3, -0.25) is 4.79 Å². The molecule has 0 bridgehead atoms. The SMILES string of the molecule is O=C1NS(=O)(=O)c2ccccc21.OC[C@@H](O)[C@@H](O)CO. The van der Waals surface area contributed by atoms with Crippen LogP contribution in [0, 0.1) is 0 Å². The molecule has 5 N–H and O–H groups in total. The van der Waals surface area contributed by atoms with Gasteiger partial charge in [0.1, 0.15) is 17.1 Å². The molecule has 112 valence electrons. The molecule has 0 radical (unpaired) electrons. The van der Waals surface area contributed by atoms with Gasteiger partial charge >= 0.3 is 0 Å². The lowest BCUT2D eigenvalue weighted by atomic mass is 10.2. The van der Waals surface area contributed by atoms with Gasteiger partial charge in [-0.05, 0) is 12.1 Å². The van der Waals surface area contributed by atoms with E-state index in [4.69, 9.17) is 20.4 Å². The third kappa shape index (κ3) is 3.74. The van der Waals surface area contributed by atoms with Crippen LogP contribution in [0.4, 0.5) is 0 Å². The number of carbonyl (C=O) groups excluding carboxylic acids is 1. The molecule has 1 aromatic carbocycles. The van der Waals surface area contributed by atoms with E-state index in [2.05, 4.69) is 0 Å². The molecule has 0 unspecified atom stereocenters. The molecular formula is C11H15NO7S. The number of benzene rings is 1. The number of aliphatic hydroxyl groups is 4. The third-order valence-electron chi connectivity index (χ3n) is 2.47. The van der Waals surface area contributed by atoms with Crippen LogP contribution in [0.5, 0.6) is 0 Å². The molecular weight excluding hydrogens is 290 g/mol. The highest BCUT2D eigenvalue weighted by Gasteiger charge is 2.31. The van der Waals surface area contributed by atoms with Gasteiger partial charge in [-0.25, -0.2) is 13.1 Å². The summed E-state index contributed by atoms with van der Waals surface area (Å²) in [5.74, 6) is -0.550. The fourth-order valence-electron chi connectivity index (χ4n) is 1.36. The van der Waals surface area contributed by atoms with Crippen molar-refractivity contribution in [3.05, 3.63) is 29.8 Å². The number of amides is 1. The van der Waals surface area contributed by atoms with Crippen LogP contribution >= 0.6 is 0 Å². The molecule has 0 spiro atoms. The van der Waals surface area contributed by atoms with Crippen LogP contribution < -0.4 is 4.72 Å². The summed E-state index contributed by atoms with van der Waals surface area (Å²) in [5, 5.41) is 33.2. The highest BCUT2D eigenvalue weighted by Crippen LogP contribution is 2.20. The van der Waals surface area contributed by atoms with E-state index in [1.807, 2.05) is 4.72 Å². The molecule has 1 heterocycles. The number of rotatable bonds is 3. The van der Waals surface area contributed by atoms with E-state index in [1.165, 1.54) is 12.1 Å². The molecule has 20 heavy (non-hydrogen) atoms. The van der Waals surface area contributed by atoms with E-state index >= 15 is 0 Å². The van der Waals surface area contributed by atoms with Crippen LogP contribution in [-0.2, 0) is 10.0 Å². The first-order valence-corrected chi connectivity index (χ1v) is 7.05. The van der Waals surface area contributed by atoms with Crippen LogP contribution in [0.15, 0.2) is 29.2 Å². The molecule has 1 aliphatic heterocycles. The third-order valence-corrected chi connectivity index (χ3v) is 3.86. The summed E-state index contributed by atoms with van der Waals surface area (Å²) in [6.07, 6.45) is -2.44. The molecule has 0 aliphatic carbocycles. The van der Waals surface area contributed by atoms with Crippen molar-refractivity contribution in [2.75, 3.05) is 13.2 Å². The predicted octanol–water partition coefficient (Wildman–Crippen LogP) is -2.19. The van der Waals surface area contributed by atoms with Crippen molar-refractivity contribution >= 4 is 15.9 Å². The summed E-state index contributed by atoms with van der Waals surface area (Å²) in [4.78, 5) is 11.1. The first kappa shape index (κ1) is 16.5. The maximum Gasteiger partial charge on any atom is 0.266 e. The Morgan fingerprint density at radius 3 is 2.00 bits per heavy atom. The summed E-state index contributed by atoms with van der Waals surface area (Å²) < 4.78 is 24.2. The predicted molar refractivity (Wildman–Crippen MR) is 67.3 cm³/mol. The Bertz CT molecular complexity index is 564. The van der Waals surface area contributed by atoms with E-state index in [0.717, 1.165) is 0 Å².